The van der Waals surface area contributed by atoms with Gasteiger partial charge in [0.05, 0.1) is 0 Å². The summed E-state index contributed by atoms with van der Waals surface area (Å²) < 4.78 is 0. The van der Waals surface area contributed by atoms with Crippen LogP contribution < -0.4 is 5.73 Å². The summed E-state index contributed by atoms with van der Waals surface area (Å²) in [6.45, 7) is 5.26. The number of thiophene rings is 1. The molecule has 0 aromatic carbocycles. The van der Waals surface area contributed by atoms with Crippen LogP contribution in [0.1, 0.15) is 48.3 Å². The maximum absolute atomic E-state index is 5.56. The highest BCUT2D eigenvalue weighted by Crippen LogP contribution is 2.31. The van der Waals surface area contributed by atoms with Gasteiger partial charge in [-0.15, -0.1) is 11.3 Å². The fourth-order valence-corrected chi connectivity index (χ4v) is 2.86. The van der Waals surface area contributed by atoms with E-state index in [9.17, 15) is 0 Å². The number of nitrogens with two attached hydrogens (primary N) is 1. The quantitative estimate of drug-likeness (QED) is 0.763. The van der Waals surface area contributed by atoms with E-state index in [1.54, 1.807) is 4.88 Å². The van der Waals surface area contributed by atoms with E-state index in [0.29, 0.717) is 0 Å². The molecule has 0 saturated heterocycles. The molecule has 1 heterocycles. The van der Waals surface area contributed by atoms with Crippen LogP contribution in [0.4, 0.5) is 0 Å². The molecule has 1 atom stereocenters. The van der Waals surface area contributed by atoms with Crippen molar-refractivity contribution in [3.05, 3.63) is 21.9 Å². The molecule has 1 aromatic rings. The Morgan fingerprint density at radius 3 is 2.64 bits per heavy atom. The lowest BCUT2D eigenvalue weighted by Crippen LogP contribution is -2.03. The molecule has 0 fully saturated rings. The van der Waals surface area contributed by atoms with E-state index >= 15 is 0 Å². The third-order valence-corrected chi connectivity index (χ3v) is 3.72. The second kappa shape index (κ2) is 6.20. The van der Waals surface area contributed by atoms with Crippen molar-refractivity contribution in [1.29, 1.82) is 0 Å². The number of hydrogen-bond acceptors (Lipinski definition) is 2. The Bertz CT molecular complexity index is 255. The summed E-state index contributed by atoms with van der Waals surface area (Å²) in [7, 11) is 0. The maximum atomic E-state index is 5.56. The van der Waals surface area contributed by atoms with Gasteiger partial charge >= 0.3 is 0 Å². The van der Waals surface area contributed by atoms with Crippen LogP contribution in [0.2, 0.25) is 0 Å². The van der Waals surface area contributed by atoms with Crippen LogP contribution in [0.25, 0.3) is 0 Å². The maximum Gasteiger partial charge on any atom is 0.00790 e. The van der Waals surface area contributed by atoms with Gasteiger partial charge in [0, 0.05) is 9.75 Å². The van der Waals surface area contributed by atoms with E-state index in [1.807, 2.05) is 11.3 Å². The topological polar surface area (TPSA) is 26.0 Å². The van der Waals surface area contributed by atoms with E-state index in [1.165, 1.54) is 24.1 Å². The molecule has 2 N–H and O–H groups in total. The lowest BCUT2D eigenvalue weighted by Gasteiger charge is -2.13. The first-order valence-corrected chi connectivity index (χ1v) is 6.36. The third kappa shape index (κ3) is 3.43. The minimum atomic E-state index is 0.752. The van der Waals surface area contributed by atoms with Crippen molar-refractivity contribution in [2.75, 3.05) is 6.54 Å². The van der Waals surface area contributed by atoms with Crippen LogP contribution in [-0.4, -0.2) is 6.54 Å². The minimum Gasteiger partial charge on any atom is -0.330 e. The summed E-state index contributed by atoms with van der Waals surface area (Å²) in [5.41, 5.74) is 5.56. The Morgan fingerprint density at radius 1 is 1.36 bits per heavy atom. The molecule has 0 amide bonds. The van der Waals surface area contributed by atoms with Gasteiger partial charge < -0.3 is 5.73 Å². The molecule has 0 aliphatic carbocycles. The molecule has 80 valence electrons. The molecule has 0 aliphatic heterocycles. The molecule has 0 aliphatic rings. The summed E-state index contributed by atoms with van der Waals surface area (Å²) in [4.78, 5) is 2.98. The van der Waals surface area contributed by atoms with Gasteiger partial charge in [0.1, 0.15) is 0 Å². The van der Waals surface area contributed by atoms with Crippen molar-refractivity contribution >= 4 is 11.3 Å². The van der Waals surface area contributed by atoms with Gasteiger partial charge in [-0.1, -0.05) is 13.3 Å². The molecule has 1 rings (SSSR count). The number of rotatable bonds is 6. The SMILES string of the molecule is CCCC(CCCN)c1ccc(C)s1. The van der Waals surface area contributed by atoms with E-state index in [-0.39, 0.29) is 0 Å². The summed E-state index contributed by atoms with van der Waals surface area (Å²) in [5.74, 6) is 0.752. The van der Waals surface area contributed by atoms with E-state index < -0.39 is 0 Å². The fourth-order valence-electron chi connectivity index (χ4n) is 1.81. The zero-order valence-corrected chi connectivity index (χ0v) is 10.1. The van der Waals surface area contributed by atoms with Crippen molar-refractivity contribution in [2.45, 2.75) is 45.4 Å². The van der Waals surface area contributed by atoms with Crippen molar-refractivity contribution in [1.82, 2.24) is 0 Å². The largest absolute Gasteiger partial charge is 0.330 e. The fraction of sp³-hybridized carbons (Fsp3) is 0.667. The standard InChI is InChI=1S/C12H21NS/c1-3-5-11(6-4-9-13)12-8-7-10(2)14-12/h7-8,11H,3-6,9,13H2,1-2H3. The summed E-state index contributed by atoms with van der Waals surface area (Å²) in [5, 5.41) is 0. The van der Waals surface area contributed by atoms with E-state index in [2.05, 4.69) is 26.0 Å². The van der Waals surface area contributed by atoms with Gasteiger partial charge in [-0.25, -0.2) is 0 Å². The van der Waals surface area contributed by atoms with Crippen LogP contribution in [0.5, 0.6) is 0 Å². The van der Waals surface area contributed by atoms with E-state index in [4.69, 9.17) is 5.73 Å². The van der Waals surface area contributed by atoms with Gasteiger partial charge in [-0.3, -0.25) is 0 Å². The normalized spacial score (nSPS) is 13.1. The Kier molecular flexibility index (Phi) is 5.20. The van der Waals surface area contributed by atoms with Gasteiger partial charge in [-0.05, 0) is 50.8 Å². The molecule has 0 radical (unpaired) electrons. The van der Waals surface area contributed by atoms with Crippen LogP contribution >= 0.6 is 11.3 Å². The Balaban J connectivity index is 2.57. The second-order valence-corrected chi connectivity index (χ2v) is 5.18. The first kappa shape index (κ1) is 11.7. The highest BCUT2D eigenvalue weighted by molar-refractivity contribution is 7.12. The van der Waals surface area contributed by atoms with E-state index in [0.717, 1.165) is 18.9 Å². The predicted octanol–water partition coefficient (Wildman–Crippen LogP) is 3.68. The van der Waals surface area contributed by atoms with Crippen molar-refractivity contribution in [3.63, 3.8) is 0 Å². The van der Waals surface area contributed by atoms with Crippen LogP contribution in [0.3, 0.4) is 0 Å². The molecule has 1 unspecified atom stereocenters. The molecule has 1 aromatic heterocycles. The van der Waals surface area contributed by atoms with Crippen molar-refractivity contribution < 1.29 is 0 Å². The molecule has 1 nitrogen and oxygen atoms in total. The monoisotopic (exact) mass is 211 g/mol. The second-order valence-electron chi connectivity index (χ2n) is 3.86. The average molecular weight is 211 g/mol. The predicted molar refractivity (Wildman–Crippen MR) is 65.0 cm³/mol. The summed E-state index contributed by atoms with van der Waals surface area (Å²) >= 11 is 1.95. The van der Waals surface area contributed by atoms with Crippen molar-refractivity contribution in [3.8, 4) is 0 Å². The molecular weight excluding hydrogens is 190 g/mol. The Hall–Kier alpha value is -0.340. The molecular formula is C12H21NS. The zero-order valence-electron chi connectivity index (χ0n) is 9.25. The molecule has 14 heavy (non-hydrogen) atoms. The molecule has 0 spiro atoms. The van der Waals surface area contributed by atoms with Crippen molar-refractivity contribution in [2.24, 2.45) is 5.73 Å². The van der Waals surface area contributed by atoms with Crippen LogP contribution in [0.15, 0.2) is 12.1 Å². The minimum absolute atomic E-state index is 0.752. The highest BCUT2D eigenvalue weighted by Gasteiger charge is 2.11. The zero-order chi connectivity index (χ0) is 10.4. The Labute approximate surface area is 91.3 Å². The summed E-state index contributed by atoms with van der Waals surface area (Å²) in [6, 6.07) is 4.52. The molecule has 0 bridgehead atoms. The lowest BCUT2D eigenvalue weighted by atomic mass is 9.96. The third-order valence-electron chi connectivity index (χ3n) is 2.56. The Morgan fingerprint density at radius 2 is 2.14 bits per heavy atom. The first-order chi connectivity index (χ1) is 6.77. The number of hydrogen-bond donors (Lipinski definition) is 1. The van der Waals surface area contributed by atoms with Crippen LogP contribution in [0, 0.1) is 6.92 Å². The smallest absolute Gasteiger partial charge is 0.00790 e. The van der Waals surface area contributed by atoms with Gasteiger partial charge in [-0.2, -0.15) is 0 Å². The number of aryl methyl sites for hydroxylation is 1. The summed E-state index contributed by atoms with van der Waals surface area (Å²) in [6.07, 6.45) is 4.98. The van der Waals surface area contributed by atoms with Gasteiger partial charge in [0.15, 0.2) is 0 Å². The molecule has 2 heteroatoms. The molecule has 0 saturated carbocycles. The highest BCUT2D eigenvalue weighted by atomic mass is 32.1. The lowest BCUT2D eigenvalue weighted by molar-refractivity contribution is 0.557. The van der Waals surface area contributed by atoms with Crippen LogP contribution in [-0.2, 0) is 0 Å². The average Bonchev–Trinajstić information content (AvgIpc) is 2.59. The van der Waals surface area contributed by atoms with Gasteiger partial charge in [0.25, 0.3) is 0 Å². The van der Waals surface area contributed by atoms with Gasteiger partial charge in [0.2, 0.25) is 0 Å². The first-order valence-electron chi connectivity index (χ1n) is 5.54.